The fraction of sp³-hybridized carbons (Fsp3) is 0.353. The normalized spacial score (nSPS) is 10.9. The van der Waals surface area contributed by atoms with Gasteiger partial charge in [-0.15, -0.1) is 20.5 Å². The summed E-state index contributed by atoms with van der Waals surface area (Å²) in [6.07, 6.45) is 4.06. The standard InChI is InChI=1S/2C17H21N5O6S.2Na.2H2O/c2*1-2-8-21(9-3-10-29(26,27)28)13-4-6-15(16(23)11-13)19-20-17-7-5-14(12-18-17)22(24)25;;;;/h2*4-7,11-12,23H,2-3,8-10H2,1H3,(H,26,27,28);;;2*1H2/q;;2*+1;;/p-2. The molecule has 2 heterocycles. The molecule has 4 rings (SSSR count). The zero-order valence-electron chi connectivity index (χ0n) is 34.3. The molecule has 24 nitrogen and oxygen atoms in total. The zero-order chi connectivity index (χ0) is 42.9. The maximum absolute atomic E-state index is 10.8. The summed E-state index contributed by atoms with van der Waals surface area (Å²) >= 11 is 0. The first-order valence-electron chi connectivity index (χ1n) is 17.5. The summed E-state index contributed by atoms with van der Waals surface area (Å²) in [6, 6.07) is 14.6. The number of nitrogens with zero attached hydrogens (tertiary/aromatic N) is 10. The molecule has 328 valence electrons. The summed E-state index contributed by atoms with van der Waals surface area (Å²) in [5.41, 5.74) is 1.31. The van der Waals surface area contributed by atoms with Gasteiger partial charge in [-0.3, -0.25) is 20.2 Å². The van der Waals surface area contributed by atoms with Crippen LogP contribution in [0.25, 0.3) is 0 Å². The second kappa shape index (κ2) is 29.1. The van der Waals surface area contributed by atoms with Crippen LogP contribution in [0.5, 0.6) is 11.5 Å². The van der Waals surface area contributed by atoms with Gasteiger partial charge in [0.2, 0.25) is 0 Å². The Morgan fingerprint density at radius 2 is 0.952 bits per heavy atom. The quantitative estimate of drug-likeness (QED) is 0.0349. The summed E-state index contributed by atoms with van der Waals surface area (Å²) in [4.78, 5) is 31.4. The van der Waals surface area contributed by atoms with Crippen LogP contribution < -0.4 is 68.9 Å². The summed E-state index contributed by atoms with van der Waals surface area (Å²) in [7, 11) is -8.54. The smallest absolute Gasteiger partial charge is 0.748 e. The van der Waals surface area contributed by atoms with Crippen LogP contribution >= 0.6 is 0 Å². The van der Waals surface area contributed by atoms with Gasteiger partial charge in [0.05, 0.1) is 30.1 Å². The molecule has 0 unspecified atom stereocenters. The molecular weight excluding hydrogens is 883 g/mol. The number of phenols is 2. The Hall–Kier alpha value is -4.32. The fourth-order valence-corrected chi connectivity index (χ4v) is 6.00. The molecular formula is C34H44N10Na2O14S2. The topological polar surface area (TPSA) is 386 Å². The summed E-state index contributed by atoms with van der Waals surface area (Å²) in [5, 5.41) is 57.1. The predicted molar refractivity (Wildman–Crippen MR) is 217 cm³/mol. The zero-order valence-corrected chi connectivity index (χ0v) is 39.9. The SMILES string of the molecule is CCCN(CCCS(=O)(=O)[O-])c1ccc(N=Nc2ccc([N+](=O)[O-])cn2)c(O)c1.CCCN(CCCS(=O)(=O)[O-])c1ccc(N=Nc2ccc([N+](=O)[O-])cn2)c(O)c1.O.O.[Na+].[Na+]. The van der Waals surface area contributed by atoms with Crippen LogP contribution in [0.3, 0.4) is 0 Å². The van der Waals surface area contributed by atoms with Crippen LogP contribution in [0, 0.1) is 20.2 Å². The molecule has 0 aliphatic carbocycles. The van der Waals surface area contributed by atoms with Gasteiger partial charge >= 0.3 is 59.1 Å². The molecule has 0 amide bonds. The van der Waals surface area contributed by atoms with Crippen molar-refractivity contribution >= 4 is 66.0 Å². The van der Waals surface area contributed by atoms with Crippen LogP contribution in [-0.2, 0) is 20.2 Å². The monoisotopic (exact) mass is 926 g/mol. The Bertz CT molecular complexity index is 2130. The molecule has 0 aliphatic heterocycles. The molecule has 2 aromatic carbocycles. The number of benzene rings is 2. The van der Waals surface area contributed by atoms with Gasteiger partial charge < -0.3 is 40.1 Å². The Kier molecular flexibility index (Phi) is 28.1. The number of aromatic hydroxyl groups is 2. The van der Waals surface area contributed by atoms with E-state index in [1.807, 2.05) is 23.6 Å². The Balaban J connectivity index is 0. The molecule has 6 N–H and O–H groups in total. The van der Waals surface area contributed by atoms with Gasteiger partial charge in [-0.05, 0) is 62.1 Å². The summed E-state index contributed by atoms with van der Waals surface area (Å²) < 4.78 is 64.6. The second-order valence-corrected chi connectivity index (χ2v) is 15.3. The van der Waals surface area contributed by atoms with Crippen LogP contribution in [0.15, 0.2) is 93.5 Å². The minimum absolute atomic E-state index is 0. The van der Waals surface area contributed by atoms with Gasteiger partial charge in [-0.1, -0.05) is 13.8 Å². The van der Waals surface area contributed by atoms with Crippen molar-refractivity contribution in [2.24, 2.45) is 20.5 Å². The van der Waals surface area contributed by atoms with Crippen molar-refractivity contribution in [1.82, 2.24) is 9.97 Å². The van der Waals surface area contributed by atoms with Gasteiger partial charge in [-0.2, -0.15) is 0 Å². The fourth-order valence-electron chi connectivity index (χ4n) is 5.03. The molecule has 62 heavy (non-hydrogen) atoms. The van der Waals surface area contributed by atoms with Crippen molar-refractivity contribution in [2.75, 3.05) is 47.5 Å². The molecule has 28 heteroatoms. The van der Waals surface area contributed by atoms with Gasteiger partial charge in [0.25, 0.3) is 11.4 Å². The molecule has 0 saturated heterocycles. The average Bonchev–Trinajstić information content (AvgIpc) is 3.16. The molecule has 0 atom stereocenters. The summed E-state index contributed by atoms with van der Waals surface area (Å²) in [5.74, 6) is -0.908. The molecule has 2 aromatic heterocycles. The van der Waals surface area contributed by atoms with E-state index in [4.69, 9.17) is 0 Å². The molecule has 4 aromatic rings. The second-order valence-electron chi connectivity index (χ2n) is 12.2. The van der Waals surface area contributed by atoms with Gasteiger partial charge in [0.15, 0.2) is 11.6 Å². The van der Waals surface area contributed by atoms with Crippen LogP contribution in [0.1, 0.15) is 39.5 Å². The number of anilines is 2. The van der Waals surface area contributed by atoms with Crippen molar-refractivity contribution < 1.29 is 116 Å². The van der Waals surface area contributed by atoms with E-state index in [9.17, 15) is 56.4 Å². The number of rotatable bonds is 20. The number of pyridine rings is 2. The van der Waals surface area contributed by atoms with Crippen LogP contribution in [0.4, 0.5) is 45.8 Å². The van der Waals surface area contributed by atoms with Crippen molar-refractivity contribution in [3.63, 3.8) is 0 Å². The van der Waals surface area contributed by atoms with E-state index in [1.165, 1.54) is 48.5 Å². The number of azo groups is 2. The van der Waals surface area contributed by atoms with E-state index in [0.717, 1.165) is 25.2 Å². The van der Waals surface area contributed by atoms with Crippen molar-refractivity contribution in [1.29, 1.82) is 0 Å². The first kappa shape index (κ1) is 59.8. The third-order valence-corrected chi connectivity index (χ3v) is 9.26. The van der Waals surface area contributed by atoms with Crippen molar-refractivity contribution in [3.05, 3.63) is 93.3 Å². The third kappa shape index (κ3) is 21.7. The van der Waals surface area contributed by atoms with E-state index >= 15 is 0 Å². The first-order chi connectivity index (χ1) is 27.4. The first-order valence-corrected chi connectivity index (χ1v) is 20.6. The van der Waals surface area contributed by atoms with Gasteiger partial charge in [-0.25, -0.2) is 26.8 Å². The van der Waals surface area contributed by atoms with Crippen molar-refractivity contribution in [2.45, 2.75) is 39.5 Å². The number of nitro groups is 2. The van der Waals surface area contributed by atoms with Crippen molar-refractivity contribution in [3.8, 4) is 11.5 Å². The molecule has 0 radical (unpaired) electrons. The maximum atomic E-state index is 10.8. The molecule has 0 saturated carbocycles. The van der Waals surface area contributed by atoms with Gasteiger partial charge in [0, 0.05) is 73.3 Å². The van der Waals surface area contributed by atoms with Gasteiger partial charge in [0.1, 0.15) is 35.3 Å². The molecule has 0 aliphatic rings. The Labute approximate surface area is 401 Å². The molecule has 0 fully saturated rings. The van der Waals surface area contributed by atoms with Crippen LogP contribution in [-0.4, -0.2) is 105 Å². The van der Waals surface area contributed by atoms with E-state index in [2.05, 4.69) is 30.4 Å². The minimum atomic E-state index is -4.27. The van der Waals surface area contributed by atoms with Crippen LogP contribution in [0.2, 0.25) is 0 Å². The largest absolute Gasteiger partial charge is 1.00 e. The van der Waals surface area contributed by atoms with E-state index in [0.29, 0.717) is 37.6 Å². The molecule has 0 bridgehead atoms. The molecule has 0 spiro atoms. The number of aromatic nitrogens is 2. The average molecular weight is 927 g/mol. The number of phenolic OH excluding ortho intramolecular Hbond substituents is 2. The predicted octanol–water partition coefficient (Wildman–Crippen LogP) is -1.12. The Morgan fingerprint density at radius 3 is 1.21 bits per heavy atom. The third-order valence-electron chi connectivity index (χ3n) is 7.69. The minimum Gasteiger partial charge on any atom is -0.748 e. The maximum Gasteiger partial charge on any atom is 1.00 e. The van der Waals surface area contributed by atoms with E-state index in [1.54, 1.807) is 12.1 Å². The van der Waals surface area contributed by atoms with E-state index < -0.39 is 41.6 Å². The number of hydrogen-bond acceptors (Lipinski definition) is 20. The Morgan fingerprint density at radius 1 is 0.597 bits per heavy atom. The van der Waals surface area contributed by atoms with E-state index in [-0.39, 0.29) is 129 Å². The summed E-state index contributed by atoms with van der Waals surface area (Å²) in [6.45, 7) is 5.84. The number of hydrogen-bond donors (Lipinski definition) is 2.